The summed E-state index contributed by atoms with van der Waals surface area (Å²) in [7, 11) is -3.60. The van der Waals surface area contributed by atoms with Crippen molar-refractivity contribution in [1.82, 2.24) is 0 Å². The first-order chi connectivity index (χ1) is 15.3. The molecule has 0 aromatic heterocycles. The van der Waals surface area contributed by atoms with Crippen LogP contribution in [0.4, 0.5) is 0 Å². The summed E-state index contributed by atoms with van der Waals surface area (Å²) in [6, 6.07) is 0. The Morgan fingerprint density at radius 2 is 1.62 bits per heavy atom. The minimum Gasteiger partial charge on any atom is -0.417 e. The van der Waals surface area contributed by atoms with Gasteiger partial charge in [-0.1, -0.05) is 55.0 Å². The van der Waals surface area contributed by atoms with Crippen LogP contribution in [0.25, 0.3) is 0 Å². The van der Waals surface area contributed by atoms with Gasteiger partial charge in [-0.25, -0.2) is 0 Å². The normalized spacial score (nSPS) is 22.2. The second-order valence-electron chi connectivity index (χ2n) is 13.7. The highest BCUT2D eigenvalue weighted by Crippen LogP contribution is 2.40. The van der Waals surface area contributed by atoms with Gasteiger partial charge in [0, 0.05) is 18.6 Å². The van der Waals surface area contributed by atoms with Crippen LogP contribution in [0.2, 0.25) is 36.3 Å². The quantitative estimate of drug-likeness (QED) is 0.141. The monoisotopic (exact) mass is 512 g/mol. The number of Topliss-reactive ketones (excluding diaryl/α,β-unsaturated/α-hetero) is 1. The van der Waals surface area contributed by atoms with E-state index in [-0.39, 0.29) is 40.1 Å². The van der Waals surface area contributed by atoms with E-state index in [4.69, 9.17) is 13.6 Å². The molecule has 1 aliphatic heterocycles. The van der Waals surface area contributed by atoms with Gasteiger partial charge in [0.25, 0.3) is 0 Å². The zero-order valence-electron chi connectivity index (χ0n) is 24.6. The molecule has 0 spiro atoms. The number of hydrogen-bond donors (Lipinski definition) is 0. The van der Waals surface area contributed by atoms with Gasteiger partial charge in [0.05, 0.1) is 12.2 Å². The summed E-state index contributed by atoms with van der Waals surface area (Å²) in [5.41, 5.74) is 1.21. The molecule has 34 heavy (non-hydrogen) atoms. The van der Waals surface area contributed by atoms with Crippen LogP contribution in [-0.4, -0.2) is 47.3 Å². The maximum Gasteiger partial charge on any atom is 0.192 e. The van der Waals surface area contributed by atoms with E-state index in [1.807, 2.05) is 6.92 Å². The van der Waals surface area contributed by atoms with Gasteiger partial charge in [0.2, 0.25) is 0 Å². The average Bonchev–Trinajstić information content (AvgIpc) is 3.00. The Kier molecular flexibility index (Phi) is 11.5. The number of hydrogen-bond acceptors (Lipinski definition) is 4. The van der Waals surface area contributed by atoms with Gasteiger partial charge in [0.1, 0.15) is 5.78 Å². The minimum absolute atomic E-state index is 0.0242. The molecule has 0 aromatic rings. The van der Waals surface area contributed by atoms with Crippen molar-refractivity contribution in [3.8, 4) is 0 Å². The molecule has 0 bridgehead atoms. The minimum atomic E-state index is -1.91. The van der Waals surface area contributed by atoms with E-state index < -0.39 is 16.6 Å². The SMILES string of the molecule is C=C1C[C@H](CCCO[Si](C)(C)C(C)(C)C)OC1CC[C@H](C[C@@H](C)C(C)=O)O[Si](C)(C)C(C)(C)C. The number of ketones is 1. The third kappa shape index (κ3) is 9.64. The number of rotatable bonds is 13. The Balaban J connectivity index is 2.62. The Bertz CT molecular complexity index is 673. The Morgan fingerprint density at radius 3 is 2.12 bits per heavy atom. The fraction of sp³-hybridized carbons (Fsp3) is 0.893. The molecular weight excluding hydrogens is 456 g/mol. The third-order valence-corrected chi connectivity index (χ3v) is 17.6. The van der Waals surface area contributed by atoms with Crippen LogP contribution < -0.4 is 0 Å². The van der Waals surface area contributed by atoms with Crippen molar-refractivity contribution < 1.29 is 18.4 Å². The molecule has 6 heteroatoms. The molecule has 4 atom stereocenters. The Morgan fingerprint density at radius 1 is 1.06 bits per heavy atom. The van der Waals surface area contributed by atoms with Gasteiger partial charge in [0.15, 0.2) is 16.6 Å². The topological polar surface area (TPSA) is 44.8 Å². The summed E-state index contributed by atoms with van der Waals surface area (Å²) in [6.45, 7) is 31.7. The zero-order valence-corrected chi connectivity index (χ0v) is 26.6. The summed E-state index contributed by atoms with van der Waals surface area (Å²) in [5.74, 6) is 0.265. The van der Waals surface area contributed by atoms with Crippen LogP contribution in [0.5, 0.6) is 0 Å². The fourth-order valence-corrected chi connectivity index (χ4v) is 6.30. The Hall–Kier alpha value is -0.276. The lowest BCUT2D eigenvalue weighted by Gasteiger charge is -2.40. The summed E-state index contributed by atoms with van der Waals surface area (Å²) in [6.07, 6.45) is 6.06. The van der Waals surface area contributed by atoms with Gasteiger partial charge in [-0.2, -0.15) is 0 Å². The maximum absolute atomic E-state index is 11.9. The van der Waals surface area contributed by atoms with Gasteiger partial charge in [-0.3, -0.25) is 4.79 Å². The highest BCUT2D eigenvalue weighted by atomic mass is 28.4. The molecule has 1 rings (SSSR count). The van der Waals surface area contributed by atoms with Crippen LogP contribution in [0.1, 0.15) is 93.9 Å². The van der Waals surface area contributed by atoms with E-state index >= 15 is 0 Å². The lowest BCUT2D eigenvalue weighted by atomic mass is 9.95. The number of carbonyl (C=O) groups is 1. The van der Waals surface area contributed by atoms with Crippen LogP contribution in [0.3, 0.4) is 0 Å². The smallest absolute Gasteiger partial charge is 0.192 e. The van der Waals surface area contributed by atoms with E-state index in [0.29, 0.717) is 0 Å². The van der Waals surface area contributed by atoms with Crippen LogP contribution in [-0.2, 0) is 18.4 Å². The van der Waals surface area contributed by atoms with Gasteiger partial charge in [-0.15, -0.1) is 0 Å². The zero-order chi connectivity index (χ0) is 26.5. The maximum atomic E-state index is 11.9. The first kappa shape index (κ1) is 31.8. The molecule has 0 saturated carbocycles. The molecule has 200 valence electrons. The fourth-order valence-electron chi connectivity index (χ4n) is 3.81. The summed E-state index contributed by atoms with van der Waals surface area (Å²) < 4.78 is 19.5. The van der Waals surface area contributed by atoms with E-state index in [2.05, 4.69) is 74.3 Å². The first-order valence-corrected chi connectivity index (χ1v) is 19.2. The molecule has 4 nitrogen and oxygen atoms in total. The Labute approximate surface area is 213 Å². The predicted octanol–water partition coefficient (Wildman–Crippen LogP) is 8.29. The lowest BCUT2D eigenvalue weighted by Crippen LogP contribution is -2.44. The highest BCUT2D eigenvalue weighted by molar-refractivity contribution is 6.74. The van der Waals surface area contributed by atoms with Gasteiger partial charge < -0.3 is 13.6 Å². The molecule has 0 radical (unpaired) electrons. The van der Waals surface area contributed by atoms with E-state index in [1.54, 1.807) is 6.92 Å². The highest BCUT2D eigenvalue weighted by Gasteiger charge is 2.40. The second kappa shape index (κ2) is 12.3. The van der Waals surface area contributed by atoms with Crippen molar-refractivity contribution in [2.75, 3.05) is 6.61 Å². The van der Waals surface area contributed by atoms with Crippen molar-refractivity contribution in [1.29, 1.82) is 0 Å². The predicted molar refractivity (Wildman–Crippen MR) is 151 cm³/mol. The van der Waals surface area contributed by atoms with Crippen LogP contribution >= 0.6 is 0 Å². The first-order valence-electron chi connectivity index (χ1n) is 13.4. The van der Waals surface area contributed by atoms with Crippen LogP contribution in [0.15, 0.2) is 12.2 Å². The number of ether oxygens (including phenoxy) is 1. The molecule has 1 saturated heterocycles. The van der Waals surface area contributed by atoms with Gasteiger partial charge >= 0.3 is 0 Å². The summed E-state index contributed by atoms with van der Waals surface area (Å²) in [4.78, 5) is 11.9. The third-order valence-electron chi connectivity index (χ3n) is 8.57. The molecule has 0 aliphatic carbocycles. The average molecular weight is 513 g/mol. The second-order valence-corrected chi connectivity index (χ2v) is 23.3. The molecule has 1 aliphatic rings. The molecule has 0 N–H and O–H groups in total. The van der Waals surface area contributed by atoms with Crippen molar-refractivity contribution >= 4 is 22.4 Å². The molecule has 0 aromatic carbocycles. The standard InChI is InChI=1S/C28H56O4Si2/c1-21(23(3)29)19-25(32-34(12,13)28(7,8)9)16-17-26-22(2)20-24(31-26)15-14-18-30-33(10,11)27(4,5)6/h21,24-26H,2,14-20H2,1,3-13H3/t21-,24+,25-,26?/m1/s1. The van der Waals surface area contributed by atoms with Gasteiger partial charge in [-0.05, 0) is 87.3 Å². The van der Waals surface area contributed by atoms with E-state index in [9.17, 15) is 4.79 Å². The van der Waals surface area contributed by atoms with E-state index in [0.717, 1.165) is 45.1 Å². The van der Waals surface area contributed by atoms with Crippen molar-refractivity contribution in [3.05, 3.63) is 12.2 Å². The van der Waals surface area contributed by atoms with Crippen LogP contribution in [0, 0.1) is 5.92 Å². The lowest BCUT2D eigenvalue weighted by molar-refractivity contribution is -0.121. The summed E-state index contributed by atoms with van der Waals surface area (Å²) >= 11 is 0. The molecule has 1 unspecified atom stereocenters. The van der Waals surface area contributed by atoms with Crippen molar-refractivity contribution in [2.24, 2.45) is 5.92 Å². The largest absolute Gasteiger partial charge is 0.417 e. The van der Waals surface area contributed by atoms with Crippen molar-refractivity contribution in [2.45, 2.75) is 148 Å². The van der Waals surface area contributed by atoms with Crippen molar-refractivity contribution in [3.63, 3.8) is 0 Å². The summed E-state index contributed by atoms with van der Waals surface area (Å²) in [5, 5.41) is 0.398. The molecule has 1 fully saturated rings. The molecular formula is C28H56O4Si2. The molecule has 1 heterocycles. The molecule has 0 amide bonds. The number of carbonyl (C=O) groups excluding carboxylic acids is 1. The van der Waals surface area contributed by atoms with E-state index in [1.165, 1.54) is 5.57 Å².